The summed E-state index contributed by atoms with van der Waals surface area (Å²) in [6.45, 7) is 2.50. The number of anilines is 1. The van der Waals surface area contributed by atoms with Crippen LogP contribution in [0.15, 0.2) is 12.3 Å². The van der Waals surface area contributed by atoms with E-state index in [0.29, 0.717) is 22.7 Å². The third-order valence-electron chi connectivity index (χ3n) is 2.27. The van der Waals surface area contributed by atoms with Crippen molar-refractivity contribution in [2.75, 3.05) is 18.8 Å². The largest absolute Gasteiger partial charge is 0.398 e. The highest BCUT2D eigenvalue weighted by Crippen LogP contribution is 2.12. The Balaban J connectivity index is 0.000000181. The van der Waals surface area contributed by atoms with Crippen LogP contribution in [0.1, 0.15) is 29.6 Å². The molecule has 1 aromatic heterocycles. The zero-order valence-electron chi connectivity index (χ0n) is 9.08. The fourth-order valence-electron chi connectivity index (χ4n) is 1.35. The number of carbonyl (C=O) groups excluding carboxylic acids is 1. The number of aromatic nitrogens is 1. The van der Waals surface area contributed by atoms with Gasteiger partial charge >= 0.3 is 0 Å². The van der Waals surface area contributed by atoms with Crippen LogP contribution in [-0.2, 0) is 0 Å². The minimum atomic E-state index is 0.295. The number of hydrogen-bond donors (Lipinski definition) is 2. The lowest BCUT2D eigenvalue weighted by Crippen LogP contribution is -2.21. The van der Waals surface area contributed by atoms with Gasteiger partial charge in [0.2, 0.25) is 0 Å². The minimum Gasteiger partial charge on any atom is -0.398 e. The summed E-state index contributed by atoms with van der Waals surface area (Å²) in [7, 11) is 0. The molecule has 1 fully saturated rings. The molecule has 1 aliphatic rings. The summed E-state index contributed by atoms with van der Waals surface area (Å²) >= 11 is 5.47. The third kappa shape index (κ3) is 4.59. The van der Waals surface area contributed by atoms with Gasteiger partial charge in [0.25, 0.3) is 0 Å². The maximum absolute atomic E-state index is 10.2. The second kappa shape index (κ2) is 7.19. The first-order valence-electron chi connectivity index (χ1n) is 5.31. The first kappa shape index (κ1) is 12.9. The smallest absolute Gasteiger partial charge is 0.153 e. The zero-order valence-corrected chi connectivity index (χ0v) is 9.83. The number of nitrogen functional groups attached to an aromatic ring is 1. The molecule has 0 radical (unpaired) electrons. The molecule has 5 heteroatoms. The van der Waals surface area contributed by atoms with Gasteiger partial charge in [-0.2, -0.15) is 0 Å². The molecule has 0 aromatic carbocycles. The van der Waals surface area contributed by atoms with Crippen molar-refractivity contribution in [3.8, 4) is 0 Å². The Hall–Kier alpha value is -1.13. The van der Waals surface area contributed by atoms with Crippen molar-refractivity contribution in [2.24, 2.45) is 0 Å². The average Bonchev–Trinajstić information content (AvgIpc) is 2.32. The van der Waals surface area contributed by atoms with Gasteiger partial charge in [0.1, 0.15) is 5.15 Å². The lowest BCUT2D eigenvalue weighted by molar-refractivity contribution is 0.112. The van der Waals surface area contributed by atoms with Gasteiger partial charge in [-0.15, -0.1) is 0 Å². The highest BCUT2D eigenvalue weighted by atomic mass is 35.5. The van der Waals surface area contributed by atoms with Crippen LogP contribution in [0.2, 0.25) is 5.15 Å². The van der Waals surface area contributed by atoms with Crippen molar-refractivity contribution in [3.05, 3.63) is 23.0 Å². The molecule has 1 saturated heterocycles. The second-order valence-electron chi connectivity index (χ2n) is 3.56. The van der Waals surface area contributed by atoms with Gasteiger partial charge in [-0.3, -0.25) is 4.79 Å². The molecule has 0 amide bonds. The van der Waals surface area contributed by atoms with Crippen LogP contribution < -0.4 is 11.1 Å². The van der Waals surface area contributed by atoms with E-state index in [0.717, 1.165) is 0 Å². The molecule has 1 aliphatic heterocycles. The molecule has 0 aliphatic carbocycles. The zero-order chi connectivity index (χ0) is 11.8. The summed E-state index contributed by atoms with van der Waals surface area (Å²) in [4.78, 5) is 13.8. The lowest BCUT2D eigenvalue weighted by atomic mass is 10.2. The highest BCUT2D eigenvalue weighted by Gasteiger charge is 1.97. The highest BCUT2D eigenvalue weighted by molar-refractivity contribution is 6.29. The van der Waals surface area contributed by atoms with Crippen molar-refractivity contribution >= 4 is 23.6 Å². The molecule has 2 rings (SSSR count). The monoisotopic (exact) mass is 241 g/mol. The first-order valence-corrected chi connectivity index (χ1v) is 5.68. The molecule has 4 nitrogen and oxygen atoms in total. The summed E-state index contributed by atoms with van der Waals surface area (Å²) in [6.07, 6.45) is 6.19. The van der Waals surface area contributed by atoms with Crippen molar-refractivity contribution < 1.29 is 4.79 Å². The maximum atomic E-state index is 10.2. The Morgan fingerprint density at radius 2 is 2.06 bits per heavy atom. The normalized spacial score (nSPS) is 14.8. The van der Waals surface area contributed by atoms with Gasteiger partial charge in [-0.05, 0) is 32.0 Å². The van der Waals surface area contributed by atoms with E-state index in [9.17, 15) is 4.79 Å². The maximum Gasteiger partial charge on any atom is 0.153 e. The Bertz CT molecular complexity index is 328. The summed E-state index contributed by atoms with van der Waals surface area (Å²) in [6, 6.07) is 1.44. The van der Waals surface area contributed by atoms with Crippen LogP contribution in [-0.4, -0.2) is 24.4 Å². The Kier molecular flexibility index (Phi) is 5.82. The van der Waals surface area contributed by atoms with E-state index < -0.39 is 0 Å². The second-order valence-corrected chi connectivity index (χ2v) is 3.95. The Morgan fingerprint density at radius 1 is 1.38 bits per heavy atom. The molecular formula is C11H16ClN3O. The van der Waals surface area contributed by atoms with E-state index in [4.69, 9.17) is 17.3 Å². The number of nitrogens with zero attached hydrogens (tertiary/aromatic N) is 1. The van der Waals surface area contributed by atoms with Crippen molar-refractivity contribution in [2.45, 2.75) is 19.3 Å². The molecule has 0 atom stereocenters. The molecule has 88 valence electrons. The Labute approximate surface area is 100 Å². The van der Waals surface area contributed by atoms with Crippen LogP contribution in [0.4, 0.5) is 5.69 Å². The quantitative estimate of drug-likeness (QED) is 0.582. The van der Waals surface area contributed by atoms with Gasteiger partial charge in [-0.1, -0.05) is 18.0 Å². The predicted molar refractivity (Wildman–Crippen MR) is 65.8 cm³/mol. The molecule has 0 saturated carbocycles. The molecule has 16 heavy (non-hydrogen) atoms. The summed E-state index contributed by atoms with van der Waals surface area (Å²) in [5.41, 5.74) is 6.10. The van der Waals surface area contributed by atoms with E-state index in [2.05, 4.69) is 10.3 Å². The molecular weight excluding hydrogens is 226 g/mol. The van der Waals surface area contributed by atoms with Gasteiger partial charge in [0, 0.05) is 11.9 Å². The van der Waals surface area contributed by atoms with Crippen LogP contribution in [0, 0.1) is 0 Å². The molecule has 0 bridgehead atoms. The molecule has 1 aromatic rings. The fourth-order valence-corrected chi connectivity index (χ4v) is 1.52. The van der Waals surface area contributed by atoms with Gasteiger partial charge in [0.05, 0.1) is 5.56 Å². The topological polar surface area (TPSA) is 68.0 Å². The fraction of sp³-hybridized carbons (Fsp3) is 0.455. The number of piperidine rings is 1. The van der Waals surface area contributed by atoms with Crippen molar-refractivity contribution in [1.29, 1.82) is 0 Å². The number of nitrogens with two attached hydrogens (primary N) is 1. The molecule has 3 N–H and O–H groups in total. The number of nitrogens with one attached hydrogen (secondary N) is 1. The van der Waals surface area contributed by atoms with E-state index in [-0.39, 0.29) is 0 Å². The molecule has 2 heterocycles. The van der Waals surface area contributed by atoms with Crippen LogP contribution >= 0.6 is 11.6 Å². The number of aldehydes is 1. The summed E-state index contributed by atoms with van der Waals surface area (Å²) < 4.78 is 0. The minimum absolute atomic E-state index is 0.295. The SMILES string of the molecule is C1CCNCC1.Nc1cc(Cl)ncc1C=O. The van der Waals surface area contributed by atoms with Gasteiger partial charge in [0.15, 0.2) is 6.29 Å². The first-order chi connectivity index (χ1) is 7.74. The number of pyridine rings is 1. The van der Waals surface area contributed by atoms with Crippen LogP contribution in [0.3, 0.4) is 0 Å². The third-order valence-corrected chi connectivity index (χ3v) is 2.48. The lowest BCUT2D eigenvalue weighted by Gasteiger charge is -2.08. The number of hydrogen-bond acceptors (Lipinski definition) is 4. The average molecular weight is 242 g/mol. The standard InChI is InChI=1S/C6H5ClN2O.C5H11N/c7-6-1-5(8)4(3-10)2-9-6;1-2-4-6-5-3-1/h1-3H,(H2,8,9);6H,1-5H2. The van der Waals surface area contributed by atoms with E-state index in [1.807, 2.05) is 0 Å². The predicted octanol–water partition coefficient (Wildman–Crippen LogP) is 1.89. The summed E-state index contributed by atoms with van der Waals surface area (Å²) in [5, 5.41) is 3.58. The van der Waals surface area contributed by atoms with Crippen LogP contribution in [0.25, 0.3) is 0 Å². The van der Waals surface area contributed by atoms with Gasteiger partial charge < -0.3 is 11.1 Å². The number of rotatable bonds is 1. The van der Waals surface area contributed by atoms with Gasteiger partial charge in [-0.25, -0.2) is 4.98 Å². The summed E-state index contributed by atoms with van der Waals surface area (Å²) in [5.74, 6) is 0. The Morgan fingerprint density at radius 3 is 2.44 bits per heavy atom. The number of carbonyl (C=O) groups is 1. The van der Waals surface area contributed by atoms with E-state index >= 15 is 0 Å². The van der Waals surface area contributed by atoms with E-state index in [1.54, 1.807) is 0 Å². The van der Waals surface area contributed by atoms with Crippen molar-refractivity contribution in [1.82, 2.24) is 10.3 Å². The van der Waals surface area contributed by atoms with Crippen molar-refractivity contribution in [3.63, 3.8) is 0 Å². The molecule has 0 unspecified atom stereocenters. The van der Waals surface area contributed by atoms with Crippen LogP contribution in [0.5, 0.6) is 0 Å². The number of halogens is 1. The molecule has 0 spiro atoms. The van der Waals surface area contributed by atoms with E-state index in [1.165, 1.54) is 44.6 Å².